The third-order valence-corrected chi connectivity index (χ3v) is 4.29. The summed E-state index contributed by atoms with van der Waals surface area (Å²) in [5, 5.41) is 9.97. The van der Waals surface area contributed by atoms with Crippen LogP contribution >= 0.6 is 0 Å². The van der Waals surface area contributed by atoms with Crippen LogP contribution in [0.25, 0.3) is 11.4 Å². The first kappa shape index (κ1) is 17.8. The normalized spacial score (nSPS) is 12.0. The van der Waals surface area contributed by atoms with Gasteiger partial charge in [-0.05, 0) is 50.1 Å². The van der Waals surface area contributed by atoms with Crippen LogP contribution in [0.1, 0.15) is 28.5 Å². The standard InChI is InChI=1S/C20H24N4O2/c1-13-7-5-8-14(2)19(13)26-12-15(3)21-20(25)17-11-16(22-23-17)18-9-6-10-24(18)4/h5-11,15H,12H2,1-4H3,(H,21,25)(H,22,23)/t15-/m1/s1. The van der Waals surface area contributed by atoms with Crippen molar-refractivity contribution in [3.63, 3.8) is 0 Å². The van der Waals surface area contributed by atoms with Gasteiger partial charge < -0.3 is 14.6 Å². The summed E-state index contributed by atoms with van der Waals surface area (Å²) in [5.41, 5.74) is 4.29. The van der Waals surface area contributed by atoms with Crippen molar-refractivity contribution in [3.05, 3.63) is 59.4 Å². The van der Waals surface area contributed by atoms with Gasteiger partial charge in [-0.25, -0.2) is 0 Å². The van der Waals surface area contributed by atoms with Crippen LogP contribution in [0.3, 0.4) is 0 Å². The number of aromatic nitrogens is 3. The van der Waals surface area contributed by atoms with Crippen LogP contribution in [-0.2, 0) is 7.05 Å². The monoisotopic (exact) mass is 352 g/mol. The molecule has 26 heavy (non-hydrogen) atoms. The SMILES string of the molecule is Cc1cccc(C)c1OC[C@@H](C)NC(=O)c1cc(-c2cccn2C)n[nH]1. The molecular formula is C20H24N4O2. The van der Waals surface area contributed by atoms with Gasteiger partial charge in [0.05, 0.1) is 11.7 Å². The highest BCUT2D eigenvalue weighted by Crippen LogP contribution is 2.22. The Bertz CT molecular complexity index is 890. The van der Waals surface area contributed by atoms with Crippen molar-refractivity contribution in [1.29, 1.82) is 0 Å². The van der Waals surface area contributed by atoms with Crippen molar-refractivity contribution in [3.8, 4) is 17.1 Å². The number of amides is 1. The minimum absolute atomic E-state index is 0.136. The number of rotatable bonds is 6. The summed E-state index contributed by atoms with van der Waals surface area (Å²) in [6.07, 6.45) is 1.94. The first-order chi connectivity index (χ1) is 12.5. The summed E-state index contributed by atoms with van der Waals surface area (Å²) in [4.78, 5) is 12.4. The lowest BCUT2D eigenvalue weighted by Gasteiger charge is -2.17. The highest BCUT2D eigenvalue weighted by molar-refractivity contribution is 5.93. The van der Waals surface area contributed by atoms with Crippen LogP contribution in [0.2, 0.25) is 0 Å². The van der Waals surface area contributed by atoms with Gasteiger partial charge in [-0.1, -0.05) is 18.2 Å². The van der Waals surface area contributed by atoms with Crippen molar-refractivity contribution in [1.82, 2.24) is 20.1 Å². The fraction of sp³-hybridized carbons (Fsp3) is 0.300. The fourth-order valence-electron chi connectivity index (χ4n) is 2.87. The number of benzene rings is 1. The van der Waals surface area contributed by atoms with E-state index in [1.165, 1.54) is 0 Å². The number of carbonyl (C=O) groups excluding carboxylic acids is 1. The molecule has 0 bridgehead atoms. The lowest BCUT2D eigenvalue weighted by Crippen LogP contribution is -2.37. The number of aryl methyl sites for hydroxylation is 3. The predicted octanol–water partition coefficient (Wildman–Crippen LogP) is 3.23. The van der Waals surface area contributed by atoms with Gasteiger partial charge in [0.2, 0.25) is 0 Å². The molecule has 0 aliphatic heterocycles. The topological polar surface area (TPSA) is 71.9 Å². The lowest BCUT2D eigenvalue weighted by atomic mass is 10.1. The maximum Gasteiger partial charge on any atom is 0.269 e. The third-order valence-electron chi connectivity index (χ3n) is 4.29. The second-order valence-corrected chi connectivity index (χ2v) is 6.58. The number of aromatic amines is 1. The predicted molar refractivity (Wildman–Crippen MR) is 101 cm³/mol. The number of hydrogen-bond donors (Lipinski definition) is 2. The van der Waals surface area contributed by atoms with Crippen LogP contribution in [0.5, 0.6) is 5.75 Å². The molecule has 6 nitrogen and oxygen atoms in total. The molecule has 1 atom stereocenters. The minimum Gasteiger partial charge on any atom is -0.491 e. The molecule has 0 fully saturated rings. The number of H-pyrrole nitrogens is 1. The minimum atomic E-state index is -0.199. The lowest BCUT2D eigenvalue weighted by molar-refractivity contribution is 0.0921. The first-order valence-electron chi connectivity index (χ1n) is 8.62. The smallest absolute Gasteiger partial charge is 0.269 e. The van der Waals surface area contributed by atoms with Crippen molar-refractivity contribution in [2.24, 2.45) is 7.05 Å². The molecule has 3 aromatic rings. The Morgan fingerprint density at radius 1 is 1.27 bits per heavy atom. The zero-order chi connectivity index (χ0) is 18.7. The summed E-state index contributed by atoms with van der Waals surface area (Å²) < 4.78 is 7.86. The molecule has 2 heterocycles. The van der Waals surface area contributed by atoms with E-state index in [9.17, 15) is 4.79 Å². The van der Waals surface area contributed by atoms with E-state index < -0.39 is 0 Å². The molecule has 0 aliphatic carbocycles. The van der Waals surface area contributed by atoms with E-state index in [-0.39, 0.29) is 11.9 Å². The molecule has 0 radical (unpaired) electrons. The van der Waals surface area contributed by atoms with Gasteiger partial charge in [-0.15, -0.1) is 0 Å². The molecule has 3 rings (SSSR count). The van der Waals surface area contributed by atoms with E-state index in [0.29, 0.717) is 12.3 Å². The zero-order valence-electron chi connectivity index (χ0n) is 15.5. The Balaban J connectivity index is 1.60. The van der Waals surface area contributed by atoms with Gasteiger partial charge in [-0.2, -0.15) is 5.10 Å². The van der Waals surface area contributed by atoms with E-state index in [4.69, 9.17) is 4.74 Å². The number of carbonyl (C=O) groups is 1. The van der Waals surface area contributed by atoms with Crippen molar-refractivity contribution >= 4 is 5.91 Å². The van der Waals surface area contributed by atoms with Gasteiger partial charge in [0.15, 0.2) is 0 Å². The van der Waals surface area contributed by atoms with Crippen LogP contribution in [0.15, 0.2) is 42.6 Å². The van der Waals surface area contributed by atoms with E-state index >= 15 is 0 Å². The van der Waals surface area contributed by atoms with Gasteiger partial charge in [0, 0.05) is 13.2 Å². The molecule has 2 aromatic heterocycles. The maximum atomic E-state index is 12.4. The summed E-state index contributed by atoms with van der Waals surface area (Å²) in [5.74, 6) is 0.677. The Kier molecular flexibility index (Phi) is 5.11. The molecule has 0 saturated heterocycles. The van der Waals surface area contributed by atoms with Gasteiger partial charge in [0.1, 0.15) is 23.7 Å². The van der Waals surface area contributed by atoms with Crippen molar-refractivity contribution in [2.45, 2.75) is 26.8 Å². The summed E-state index contributed by atoms with van der Waals surface area (Å²) in [6, 6.07) is 11.6. The number of nitrogens with zero attached hydrogens (tertiary/aromatic N) is 2. The molecule has 0 aliphatic rings. The van der Waals surface area contributed by atoms with Crippen LogP contribution in [0, 0.1) is 13.8 Å². The quantitative estimate of drug-likeness (QED) is 0.715. The van der Waals surface area contributed by atoms with Crippen molar-refractivity contribution in [2.75, 3.05) is 6.61 Å². The Labute approximate surface area is 153 Å². The molecular weight excluding hydrogens is 328 g/mol. The third kappa shape index (κ3) is 3.79. The molecule has 6 heteroatoms. The average Bonchev–Trinajstić information content (AvgIpc) is 3.23. The maximum absolute atomic E-state index is 12.4. The second-order valence-electron chi connectivity index (χ2n) is 6.58. The molecule has 0 saturated carbocycles. The molecule has 2 N–H and O–H groups in total. The number of nitrogens with one attached hydrogen (secondary N) is 2. The fourth-order valence-corrected chi connectivity index (χ4v) is 2.87. The van der Waals surface area contributed by atoms with Crippen molar-refractivity contribution < 1.29 is 9.53 Å². The highest BCUT2D eigenvalue weighted by Gasteiger charge is 2.15. The van der Waals surface area contributed by atoms with Crippen LogP contribution in [0.4, 0.5) is 0 Å². The highest BCUT2D eigenvalue weighted by atomic mass is 16.5. The van der Waals surface area contributed by atoms with Gasteiger partial charge in [0.25, 0.3) is 5.91 Å². The summed E-state index contributed by atoms with van der Waals surface area (Å²) in [6.45, 7) is 6.35. The first-order valence-corrected chi connectivity index (χ1v) is 8.62. The number of ether oxygens (including phenoxy) is 1. The summed E-state index contributed by atoms with van der Waals surface area (Å²) >= 11 is 0. The molecule has 1 aromatic carbocycles. The van der Waals surface area contributed by atoms with Gasteiger partial charge in [-0.3, -0.25) is 9.89 Å². The largest absolute Gasteiger partial charge is 0.491 e. The van der Waals surface area contributed by atoms with E-state index in [0.717, 1.165) is 28.3 Å². The number of hydrogen-bond acceptors (Lipinski definition) is 3. The van der Waals surface area contributed by atoms with E-state index in [1.807, 2.05) is 68.9 Å². The second kappa shape index (κ2) is 7.47. The average molecular weight is 352 g/mol. The Hall–Kier alpha value is -3.02. The van der Waals surface area contributed by atoms with Gasteiger partial charge >= 0.3 is 0 Å². The molecule has 136 valence electrons. The number of para-hydroxylation sites is 1. The van der Waals surface area contributed by atoms with Crippen LogP contribution < -0.4 is 10.1 Å². The Morgan fingerprint density at radius 2 is 2.00 bits per heavy atom. The molecule has 0 unspecified atom stereocenters. The van der Waals surface area contributed by atoms with E-state index in [1.54, 1.807) is 6.07 Å². The van der Waals surface area contributed by atoms with Crippen LogP contribution in [-0.4, -0.2) is 33.3 Å². The Morgan fingerprint density at radius 3 is 2.65 bits per heavy atom. The molecule has 0 spiro atoms. The summed E-state index contributed by atoms with van der Waals surface area (Å²) in [7, 11) is 1.94. The molecule has 1 amide bonds. The van der Waals surface area contributed by atoms with E-state index in [2.05, 4.69) is 15.5 Å². The zero-order valence-corrected chi connectivity index (χ0v) is 15.5.